The topological polar surface area (TPSA) is 78.0 Å². The van der Waals surface area contributed by atoms with E-state index in [4.69, 9.17) is 0 Å². The van der Waals surface area contributed by atoms with Crippen molar-refractivity contribution in [3.63, 3.8) is 0 Å². The molecule has 0 bridgehead atoms. The molecule has 1 aromatic carbocycles. The number of hydrogen-bond acceptors (Lipinski definition) is 5. The van der Waals surface area contributed by atoms with Gasteiger partial charge in [-0.25, -0.2) is 9.97 Å². The van der Waals surface area contributed by atoms with Gasteiger partial charge in [-0.05, 0) is 31.5 Å². The Morgan fingerprint density at radius 1 is 1.04 bits per heavy atom. The zero-order valence-electron chi connectivity index (χ0n) is 15.5. The third-order valence-corrected chi connectivity index (χ3v) is 4.87. The van der Waals surface area contributed by atoms with E-state index < -0.39 is 0 Å². The first-order valence-electron chi connectivity index (χ1n) is 9.06. The Morgan fingerprint density at radius 3 is 2.48 bits per heavy atom. The molecule has 0 spiro atoms. The fraction of sp³-hybridized carbons (Fsp3) is 0.300. The molecule has 138 valence electrons. The number of rotatable bonds is 3. The van der Waals surface area contributed by atoms with E-state index in [-0.39, 0.29) is 5.91 Å². The fourth-order valence-electron chi connectivity index (χ4n) is 3.40. The van der Waals surface area contributed by atoms with Crippen LogP contribution >= 0.6 is 0 Å². The van der Waals surface area contributed by atoms with Crippen molar-refractivity contribution in [2.75, 3.05) is 31.1 Å². The van der Waals surface area contributed by atoms with Crippen LogP contribution in [0.4, 0.5) is 5.95 Å². The molecule has 27 heavy (non-hydrogen) atoms. The normalized spacial score (nSPS) is 14.4. The molecule has 1 fully saturated rings. The van der Waals surface area contributed by atoms with Crippen LogP contribution in [0.5, 0.6) is 0 Å². The summed E-state index contributed by atoms with van der Waals surface area (Å²) in [5.74, 6) is 0.690. The van der Waals surface area contributed by atoms with Crippen molar-refractivity contribution in [2.45, 2.75) is 13.8 Å². The average molecular weight is 362 g/mol. The second kappa shape index (κ2) is 7.19. The van der Waals surface area contributed by atoms with Gasteiger partial charge in [0.25, 0.3) is 5.91 Å². The molecule has 0 unspecified atom stereocenters. The number of aromatic amines is 1. The third-order valence-electron chi connectivity index (χ3n) is 4.87. The van der Waals surface area contributed by atoms with Crippen LogP contribution in [0.25, 0.3) is 11.3 Å². The molecular formula is C20H22N6O. The summed E-state index contributed by atoms with van der Waals surface area (Å²) in [4.78, 5) is 25.3. The Balaban J connectivity index is 1.44. The van der Waals surface area contributed by atoms with Gasteiger partial charge in [0, 0.05) is 44.1 Å². The highest BCUT2D eigenvalue weighted by Gasteiger charge is 2.24. The van der Waals surface area contributed by atoms with Crippen molar-refractivity contribution in [2.24, 2.45) is 0 Å². The van der Waals surface area contributed by atoms with Gasteiger partial charge >= 0.3 is 0 Å². The SMILES string of the molecule is Cc1ccc(-c2cc(C(=O)N3CCN(c4ncccn4)CC3)[nH]n2)c(C)c1. The van der Waals surface area contributed by atoms with Crippen molar-refractivity contribution >= 4 is 11.9 Å². The van der Waals surface area contributed by atoms with Crippen molar-refractivity contribution in [1.82, 2.24) is 25.1 Å². The predicted octanol–water partition coefficient (Wildman–Crippen LogP) is 2.45. The van der Waals surface area contributed by atoms with Gasteiger partial charge in [0.2, 0.25) is 5.95 Å². The molecule has 1 aliphatic heterocycles. The third kappa shape index (κ3) is 3.53. The lowest BCUT2D eigenvalue weighted by molar-refractivity contribution is 0.0740. The van der Waals surface area contributed by atoms with Gasteiger partial charge in [0.1, 0.15) is 5.69 Å². The van der Waals surface area contributed by atoms with Gasteiger partial charge in [0.15, 0.2) is 0 Å². The molecule has 0 atom stereocenters. The van der Waals surface area contributed by atoms with Gasteiger partial charge in [-0.3, -0.25) is 9.89 Å². The summed E-state index contributed by atoms with van der Waals surface area (Å²) in [7, 11) is 0. The van der Waals surface area contributed by atoms with Gasteiger partial charge in [-0.2, -0.15) is 5.10 Å². The van der Waals surface area contributed by atoms with Crippen LogP contribution in [0.3, 0.4) is 0 Å². The molecule has 1 saturated heterocycles. The minimum Gasteiger partial charge on any atom is -0.337 e. The molecule has 2 aromatic heterocycles. The summed E-state index contributed by atoms with van der Waals surface area (Å²) < 4.78 is 0. The van der Waals surface area contributed by atoms with Crippen LogP contribution in [0, 0.1) is 13.8 Å². The van der Waals surface area contributed by atoms with E-state index in [1.807, 2.05) is 17.0 Å². The molecule has 3 heterocycles. The number of anilines is 1. The number of benzene rings is 1. The summed E-state index contributed by atoms with van der Waals surface area (Å²) in [5, 5.41) is 7.26. The molecule has 7 nitrogen and oxygen atoms in total. The van der Waals surface area contributed by atoms with E-state index in [0.29, 0.717) is 37.8 Å². The maximum atomic E-state index is 12.8. The van der Waals surface area contributed by atoms with E-state index in [0.717, 1.165) is 16.8 Å². The Kier molecular flexibility index (Phi) is 4.58. The number of carbonyl (C=O) groups is 1. The Hall–Kier alpha value is -3.22. The lowest BCUT2D eigenvalue weighted by Gasteiger charge is -2.34. The number of H-pyrrole nitrogens is 1. The molecule has 1 N–H and O–H groups in total. The smallest absolute Gasteiger partial charge is 0.272 e. The number of carbonyl (C=O) groups excluding carboxylic acids is 1. The highest BCUT2D eigenvalue weighted by atomic mass is 16.2. The number of nitrogens with zero attached hydrogens (tertiary/aromatic N) is 5. The average Bonchev–Trinajstić information content (AvgIpc) is 3.18. The Morgan fingerprint density at radius 2 is 1.78 bits per heavy atom. The number of nitrogens with one attached hydrogen (secondary N) is 1. The van der Waals surface area contributed by atoms with E-state index in [1.54, 1.807) is 18.5 Å². The van der Waals surface area contributed by atoms with Crippen LogP contribution in [-0.4, -0.2) is 57.2 Å². The van der Waals surface area contributed by atoms with Gasteiger partial charge in [-0.1, -0.05) is 23.8 Å². The highest BCUT2D eigenvalue weighted by molar-refractivity contribution is 5.93. The van der Waals surface area contributed by atoms with Crippen molar-refractivity contribution in [3.05, 3.63) is 59.5 Å². The molecular weight excluding hydrogens is 340 g/mol. The first-order chi connectivity index (χ1) is 13.1. The van der Waals surface area contributed by atoms with Crippen molar-refractivity contribution < 1.29 is 4.79 Å². The zero-order valence-corrected chi connectivity index (χ0v) is 15.5. The summed E-state index contributed by atoms with van der Waals surface area (Å²) in [6.07, 6.45) is 3.47. The highest BCUT2D eigenvalue weighted by Crippen LogP contribution is 2.23. The molecule has 0 aliphatic carbocycles. The van der Waals surface area contributed by atoms with Crippen molar-refractivity contribution in [3.8, 4) is 11.3 Å². The number of piperazine rings is 1. The zero-order chi connectivity index (χ0) is 18.8. The largest absolute Gasteiger partial charge is 0.337 e. The lowest BCUT2D eigenvalue weighted by atomic mass is 10.0. The monoisotopic (exact) mass is 362 g/mol. The molecule has 3 aromatic rings. The second-order valence-corrected chi connectivity index (χ2v) is 6.81. The van der Waals surface area contributed by atoms with Gasteiger partial charge in [-0.15, -0.1) is 0 Å². The number of aryl methyl sites for hydroxylation is 2. The Labute approximate surface area is 158 Å². The molecule has 0 saturated carbocycles. The molecule has 1 amide bonds. The minimum absolute atomic E-state index is 0.0212. The first-order valence-corrected chi connectivity index (χ1v) is 9.06. The maximum Gasteiger partial charge on any atom is 0.272 e. The van der Waals surface area contributed by atoms with Crippen LogP contribution in [-0.2, 0) is 0 Å². The maximum absolute atomic E-state index is 12.8. The standard InChI is InChI=1S/C20H22N6O/c1-14-4-5-16(15(2)12-14)17-13-18(24-23-17)19(27)25-8-10-26(11-9-25)20-21-6-3-7-22-20/h3-7,12-13H,8-11H2,1-2H3,(H,23,24). The van der Waals surface area contributed by atoms with E-state index >= 15 is 0 Å². The molecule has 1 aliphatic rings. The number of amides is 1. The quantitative estimate of drug-likeness (QED) is 0.774. The summed E-state index contributed by atoms with van der Waals surface area (Å²) >= 11 is 0. The van der Waals surface area contributed by atoms with Crippen molar-refractivity contribution in [1.29, 1.82) is 0 Å². The number of hydrogen-bond donors (Lipinski definition) is 1. The van der Waals surface area contributed by atoms with E-state index in [1.165, 1.54) is 5.56 Å². The molecule has 4 rings (SSSR count). The van der Waals surface area contributed by atoms with E-state index in [9.17, 15) is 4.79 Å². The van der Waals surface area contributed by atoms with Crippen LogP contribution in [0.2, 0.25) is 0 Å². The fourth-order valence-corrected chi connectivity index (χ4v) is 3.40. The molecule has 7 heteroatoms. The summed E-state index contributed by atoms with van der Waals surface area (Å²) in [5.41, 5.74) is 4.73. The van der Waals surface area contributed by atoms with E-state index in [2.05, 4.69) is 51.0 Å². The van der Waals surface area contributed by atoms with Crippen LogP contribution in [0.15, 0.2) is 42.7 Å². The van der Waals surface area contributed by atoms with Crippen LogP contribution in [0.1, 0.15) is 21.6 Å². The number of aromatic nitrogens is 4. The summed E-state index contributed by atoms with van der Waals surface area (Å²) in [6.45, 7) is 6.82. The summed E-state index contributed by atoms with van der Waals surface area (Å²) in [6, 6.07) is 9.87. The minimum atomic E-state index is -0.0212. The Bertz CT molecular complexity index is 944. The lowest BCUT2D eigenvalue weighted by Crippen LogP contribution is -2.49. The predicted molar refractivity (Wildman–Crippen MR) is 104 cm³/mol. The second-order valence-electron chi connectivity index (χ2n) is 6.81. The first kappa shape index (κ1) is 17.2. The van der Waals surface area contributed by atoms with Gasteiger partial charge in [0.05, 0.1) is 5.69 Å². The molecule has 0 radical (unpaired) electrons. The van der Waals surface area contributed by atoms with Gasteiger partial charge < -0.3 is 9.80 Å². The van der Waals surface area contributed by atoms with Crippen LogP contribution < -0.4 is 4.90 Å².